The van der Waals surface area contributed by atoms with E-state index in [0.29, 0.717) is 13.2 Å². The Kier molecular flexibility index (Phi) is 23.8. The predicted octanol–water partition coefficient (Wildman–Crippen LogP) is 2.72. The minimum absolute atomic E-state index is 0. The average molecular weight is 472 g/mol. The first-order valence-electron chi connectivity index (χ1n) is 9.44. The molecule has 0 aliphatic heterocycles. The molecule has 0 rings (SSSR count). The number of guanidine groups is 1. The molecule has 7 heteroatoms. The van der Waals surface area contributed by atoms with Crippen molar-refractivity contribution in [2.24, 2.45) is 4.99 Å². The van der Waals surface area contributed by atoms with Crippen LogP contribution in [0.15, 0.2) is 4.99 Å². The maximum atomic E-state index is 5.44. The smallest absolute Gasteiger partial charge is 0.191 e. The number of rotatable bonds is 16. The molecule has 0 aliphatic carbocycles. The van der Waals surface area contributed by atoms with Crippen molar-refractivity contribution in [3.8, 4) is 0 Å². The van der Waals surface area contributed by atoms with E-state index >= 15 is 0 Å². The summed E-state index contributed by atoms with van der Waals surface area (Å²) in [5.74, 6) is 0.919. The molecule has 0 fully saturated rings. The fourth-order valence-corrected chi connectivity index (χ4v) is 2.23. The zero-order chi connectivity index (χ0) is 17.9. The fourth-order valence-electron chi connectivity index (χ4n) is 2.23. The van der Waals surface area contributed by atoms with Crippen molar-refractivity contribution in [1.82, 2.24) is 15.5 Å². The molecule has 0 aliphatic rings. The number of nitrogens with one attached hydrogen (secondary N) is 2. The fraction of sp³-hybridized carbons (Fsp3) is 0.944. The van der Waals surface area contributed by atoms with Crippen LogP contribution in [0, 0.1) is 0 Å². The van der Waals surface area contributed by atoms with Crippen LogP contribution < -0.4 is 10.6 Å². The lowest BCUT2D eigenvalue weighted by Gasteiger charge is -2.11. The quantitative estimate of drug-likeness (QED) is 0.157. The Morgan fingerprint density at radius 2 is 1.64 bits per heavy atom. The first-order valence-corrected chi connectivity index (χ1v) is 9.44. The second kappa shape index (κ2) is 21.9. The van der Waals surface area contributed by atoms with E-state index in [0.717, 1.165) is 38.6 Å². The third-order valence-corrected chi connectivity index (χ3v) is 3.57. The monoisotopic (exact) mass is 472 g/mol. The van der Waals surface area contributed by atoms with Crippen molar-refractivity contribution in [3.05, 3.63) is 0 Å². The van der Waals surface area contributed by atoms with Crippen molar-refractivity contribution >= 4 is 29.9 Å². The Bertz CT molecular complexity index is 292. The van der Waals surface area contributed by atoms with E-state index in [1.54, 1.807) is 7.11 Å². The molecule has 0 spiro atoms. The molecule has 0 heterocycles. The molecule has 0 bridgehead atoms. The molecule has 25 heavy (non-hydrogen) atoms. The van der Waals surface area contributed by atoms with Crippen LogP contribution in [0.3, 0.4) is 0 Å². The van der Waals surface area contributed by atoms with Crippen LogP contribution in [0.2, 0.25) is 0 Å². The van der Waals surface area contributed by atoms with Gasteiger partial charge in [0.2, 0.25) is 0 Å². The summed E-state index contributed by atoms with van der Waals surface area (Å²) in [4.78, 5) is 6.83. The highest BCUT2D eigenvalue weighted by molar-refractivity contribution is 14.0. The van der Waals surface area contributed by atoms with Crippen molar-refractivity contribution in [2.75, 3.05) is 67.2 Å². The van der Waals surface area contributed by atoms with Crippen molar-refractivity contribution < 1.29 is 9.47 Å². The Morgan fingerprint density at radius 3 is 2.32 bits per heavy atom. The Morgan fingerprint density at radius 1 is 0.920 bits per heavy atom. The Labute approximate surface area is 172 Å². The molecule has 0 saturated heterocycles. The van der Waals surface area contributed by atoms with Gasteiger partial charge in [-0.05, 0) is 46.8 Å². The lowest BCUT2D eigenvalue weighted by Crippen LogP contribution is -2.37. The maximum Gasteiger partial charge on any atom is 0.191 e. The van der Waals surface area contributed by atoms with E-state index < -0.39 is 0 Å². The zero-order valence-corrected chi connectivity index (χ0v) is 19.1. The lowest BCUT2D eigenvalue weighted by molar-refractivity contribution is 0.0702. The van der Waals surface area contributed by atoms with Crippen LogP contribution in [-0.2, 0) is 9.47 Å². The number of nitrogens with zero attached hydrogens (tertiary/aromatic N) is 2. The highest BCUT2D eigenvalue weighted by Crippen LogP contribution is 2.02. The molecule has 0 saturated carbocycles. The molecule has 2 N–H and O–H groups in total. The van der Waals surface area contributed by atoms with Crippen molar-refractivity contribution in [2.45, 2.75) is 45.4 Å². The predicted molar refractivity (Wildman–Crippen MR) is 118 cm³/mol. The summed E-state index contributed by atoms with van der Waals surface area (Å²) in [7, 11) is 5.96. The van der Waals surface area contributed by atoms with E-state index in [4.69, 9.17) is 9.47 Å². The number of aliphatic imine (C=N–C) groups is 1. The third kappa shape index (κ3) is 21.8. The lowest BCUT2D eigenvalue weighted by atomic mass is 10.1. The summed E-state index contributed by atoms with van der Waals surface area (Å²) in [6.45, 7) is 8.01. The molecule has 6 nitrogen and oxygen atoms in total. The van der Waals surface area contributed by atoms with Gasteiger partial charge in [-0.2, -0.15) is 0 Å². The molecule has 152 valence electrons. The number of halogens is 1. The van der Waals surface area contributed by atoms with E-state index in [2.05, 4.69) is 41.5 Å². The van der Waals surface area contributed by atoms with Gasteiger partial charge in [-0.15, -0.1) is 24.0 Å². The average Bonchev–Trinajstić information content (AvgIpc) is 2.56. The molecule has 0 aromatic carbocycles. The van der Waals surface area contributed by atoms with Gasteiger partial charge in [0.15, 0.2) is 5.96 Å². The van der Waals surface area contributed by atoms with Crippen molar-refractivity contribution in [3.63, 3.8) is 0 Å². The van der Waals surface area contributed by atoms with E-state index in [9.17, 15) is 0 Å². The summed E-state index contributed by atoms with van der Waals surface area (Å²) in [6, 6.07) is 0. The highest BCUT2D eigenvalue weighted by Gasteiger charge is 1.97. The van der Waals surface area contributed by atoms with Gasteiger partial charge in [-0.25, -0.2) is 0 Å². The van der Waals surface area contributed by atoms with Crippen LogP contribution in [-0.4, -0.2) is 78.1 Å². The van der Waals surface area contributed by atoms with Crippen molar-refractivity contribution in [1.29, 1.82) is 0 Å². The van der Waals surface area contributed by atoms with Crippen LogP contribution in [0.1, 0.15) is 45.4 Å². The summed E-state index contributed by atoms with van der Waals surface area (Å²) in [5, 5.41) is 6.70. The van der Waals surface area contributed by atoms with Crippen LogP contribution >= 0.6 is 24.0 Å². The number of methoxy groups -OCH3 is 1. The van der Waals surface area contributed by atoms with Gasteiger partial charge in [-0.1, -0.05) is 19.3 Å². The second-order valence-corrected chi connectivity index (χ2v) is 6.22. The van der Waals surface area contributed by atoms with Gasteiger partial charge < -0.3 is 25.0 Å². The minimum atomic E-state index is 0. The van der Waals surface area contributed by atoms with Gasteiger partial charge in [0.25, 0.3) is 0 Å². The number of hydrogen-bond donors (Lipinski definition) is 2. The van der Waals surface area contributed by atoms with Gasteiger partial charge >= 0.3 is 0 Å². The molecule has 0 radical (unpaired) electrons. The number of ether oxygens (including phenoxy) is 2. The Balaban J connectivity index is 0. The topological polar surface area (TPSA) is 58.1 Å². The maximum absolute atomic E-state index is 5.44. The van der Waals surface area contributed by atoms with Gasteiger partial charge in [0.1, 0.15) is 0 Å². The molecule has 0 aromatic heterocycles. The third-order valence-electron chi connectivity index (χ3n) is 3.57. The van der Waals surface area contributed by atoms with Gasteiger partial charge in [0.05, 0.1) is 13.2 Å². The normalized spacial score (nSPS) is 11.5. The second-order valence-electron chi connectivity index (χ2n) is 6.22. The highest BCUT2D eigenvalue weighted by atomic mass is 127. The number of hydrogen-bond acceptors (Lipinski definition) is 4. The molecular formula is C18H41IN4O2. The molecule has 0 atom stereocenters. The largest absolute Gasteiger partial charge is 0.382 e. The standard InChI is InChI=1S/C18H40N4O2.HI/c1-5-19-18(21-13-11-15-24-17-16-23-4)20-12-9-7-6-8-10-14-22(2)3;/h5-17H2,1-4H3,(H2,19,20,21);1H. The van der Waals surface area contributed by atoms with E-state index in [1.165, 1.54) is 38.6 Å². The summed E-state index contributed by atoms with van der Waals surface area (Å²) >= 11 is 0. The molecule has 0 unspecified atom stereocenters. The summed E-state index contributed by atoms with van der Waals surface area (Å²) in [6.07, 6.45) is 7.38. The minimum Gasteiger partial charge on any atom is -0.382 e. The Hall–Kier alpha value is -0.120. The van der Waals surface area contributed by atoms with Crippen LogP contribution in [0.5, 0.6) is 0 Å². The molecule has 0 amide bonds. The number of unbranched alkanes of at least 4 members (excludes halogenated alkanes) is 4. The molecule has 0 aromatic rings. The summed E-state index contributed by atoms with van der Waals surface area (Å²) < 4.78 is 10.4. The van der Waals surface area contributed by atoms with E-state index in [1.807, 2.05) is 0 Å². The van der Waals surface area contributed by atoms with Crippen LogP contribution in [0.4, 0.5) is 0 Å². The SMILES string of the molecule is CCNC(=NCCCOCCOC)NCCCCCCCN(C)C.I. The first-order chi connectivity index (χ1) is 11.7. The first kappa shape index (κ1) is 27.1. The van der Waals surface area contributed by atoms with E-state index in [-0.39, 0.29) is 24.0 Å². The van der Waals surface area contributed by atoms with Gasteiger partial charge in [-0.3, -0.25) is 4.99 Å². The van der Waals surface area contributed by atoms with Crippen LogP contribution in [0.25, 0.3) is 0 Å². The van der Waals surface area contributed by atoms with Gasteiger partial charge in [0, 0.05) is 33.4 Å². The summed E-state index contributed by atoms with van der Waals surface area (Å²) in [5.41, 5.74) is 0. The molecular weight excluding hydrogens is 431 g/mol. The zero-order valence-electron chi connectivity index (χ0n) is 16.8.